The number of unbranched alkanes of at least 4 members (excludes halogenated alkanes) is 1. The van der Waals surface area contributed by atoms with Crippen LogP contribution in [0.15, 0.2) is 60.7 Å². The minimum absolute atomic E-state index is 0.224. The van der Waals surface area contributed by atoms with Gasteiger partial charge in [0.15, 0.2) is 6.61 Å². The number of aryl methyl sites for hydroxylation is 1. The Morgan fingerprint density at radius 3 is 2.59 bits per heavy atom. The molecular formula is C26H26N2O4. The summed E-state index contributed by atoms with van der Waals surface area (Å²) in [5.41, 5.74) is 4.02. The molecule has 0 bridgehead atoms. The van der Waals surface area contributed by atoms with Crippen LogP contribution in [0.4, 0.5) is 0 Å². The highest BCUT2D eigenvalue weighted by Gasteiger charge is 2.17. The molecule has 1 N–H and O–H groups in total. The van der Waals surface area contributed by atoms with Crippen molar-refractivity contribution in [2.24, 2.45) is 0 Å². The summed E-state index contributed by atoms with van der Waals surface area (Å²) in [6.45, 7) is 3.61. The molecule has 0 radical (unpaired) electrons. The van der Waals surface area contributed by atoms with Gasteiger partial charge < -0.3 is 14.6 Å². The molecule has 0 saturated heterocycles. The second-order valence-electron chi connectivity index (χ2n) is 7.50. The monoisotopic (exact) mass is 430 g/mol. The van der Waals surface area contributed by atoms with Gasteiger partial charge in [0.2, 0.25) is 0 Å². The Labute approximate surface area is 188 Å². The van der Waals surface area contributed by atoms with Crippen molar-refractivity contribution in [1.29, 1.82) is 5.26 Å². The number of carbonyl (C=O) groups is 1. The number of nitriles is 1. The maximum atomic E-state index is 10.7. The number of rotatable bonds is 10. The SMILES string of the molecule is CCCC[C@@H](Oc1ccc(OCC(=O)O)c(C)c1)c1cccc(-c2ccc(C#N)cc2)n1. The molecule has 1 aromatic heterocycles. The molecule has 6 heteroatoms. The van der Waals surface area contributed by atoms with Gasteiger partial charge in [0.05, 0.1) is 23.0 Å². The van der Waals surface area contributed by atoms with E-state index >= 15 is 0 Å². The Morgan fingerprint density at radius 2 is 1.94 bits per heavy atom. The van der Waals surface area contributed by atoms with E-state index in [4.69, 9.17) is 24.8 Å². The first-order valence-electron chi connectivity index (χ1n) is 10.6. The van der Waals surface area contributed by atoms with Crippen LogP contribution in [-0.2, 0) is 4.79 Å². The fourth-order valence-electron chi connectivity index (χ4n) is 3.32. The lowest BCUT2D eigenvalue weighted by molar-refractivity contribution is -0.139. The maximum absolute atomic E-state index is 10.7. The van der Waals surface area contributed by atoms with Crippen molar-refractivity contribution in [2.45, 2.75) is 39.2 Å². The summed E-state index contributed by atoms with van der Waals surface area (Å²) in [4.78, 5) is 15.6. The molecule has 0 fully saturated rings. The molecule has 1 heterocycles. The second kappa shape index (κ2) is 11.0. The molecule has 2 aromatic carbocycles. The molecule has 6 nitrogen and oxygen atoms in total. The van der Waals surface area contributed by atoms with Crippen LogP contribution in [0.1, 0.15) is 49.1 Å². The molecule has 164 valence electrons. The molecule has 32 heavy (non-hydrogen) atoms. The smallest absolute Gasteiger partial charge is 0.341 e. The Kier molecular flexibility index (Phi) is 7.82. The number of pyridine rings is 1. The molecule has 0 aliphatic heterocycles. The van der Waals surface area contributed by atoms with Crippen LogP contribution in [0.2, 0.25) is 0 Å². The summed E-state index contributed by atoms with van der Waals surface area (Å²) < 4.78 is 11.6. The number of hydrogen-bond donors (Lipinski definition) is 1. The zero-order valence-electron chi connectivity index (χ0n) is 18.2. The molecule has 0 spiro atoms. The Balaban J connectivity index is 1.83. The van der Waals surface area contributed by atoms with Crippen molar-refractivity contribution in [3.8, 4) is 28.8 Å². The van der Waals surface area contributed by atoms with E-state index in [-0.39, 0.29) is 12.7 Å². The van der Waals surface area contributed by atoms with Crippen LogP contribution in [0.5, 0.6) is 11.5 Å². The predicted octanol–water partition coefficient (Wildman–Crippen LogP) is 5.70. The average molecular weight is 431 g/mol. The number of carboxylic acids is 1. The maximum Gasteiger partial charge on any atom is 0.341 e. The lowest BCUT2D eigenvalue weighted by atomic mass is 10.1. The molecular weight excluding hydrogens is 404 g/mol. The zero-order valence-corrected chi connectivity index (χ0v) is 18.2. The minimum Gasteiger partial charge on any atom is -0.484 e. The van der Waals surface area contributed by atoms with E-state index in [0.717, 1.165) is 41.8 Å². The highest BCUT2D eigenvalue weighted by atomic mass is 16.5. The number of benzene rings is 2. The lowest BCUT2D eigenvalue weighted by Crippen LogP contribution is -2.11. The highest BCUT2D eigenvalue weighted by molar-refractivity contribution is 5.68. The summed E-state index contributed by atoms with van der Waals surface area (Å²) in [6.07, 6.45) is 2.62. The lowest BCUT2D eigenvalue weighted by Gasteiger charge is -2.20. The van der Waals surface area contributed by atoms with E-state index in [1.807, 2.05) is 43.3 Å². The topological polar surface area (TPSA) is 92.4 Å². The van der Waals surface area contributed by atoms with Gasteiger partial charge in [0, 0.05) is 5.56 Å². The van der Waals surface area contributed by atoms with Gasteiger partial charge in [-0.25, -0.2) is 9.78 Å². The van der Waals surface area contributed by atoms with E-state index in [2.05, 4.69) is 13.0 Å². The first kappa shape index (κ1) is 22.8. The molecule has 3 aromatic rings. The van der Waals surface area contributed by atoms with E-state index in [1.165, 1.54) is 0 Å². The average Bonchev–Trinajstić information content (AvgIpc) is 2.81. The Hall–Kier alpha value is -3.85. The van der Waals surface area contributed by atoms with Crippen LogP contribution < -0.4 is 9.47 Å². The van der Waals surface area contributed by atoms with Crippen LogP contribution in [0, 0.1) is 18.3 Å². The summed E-state index contributed by atoms with van der Waals surface area (Å²) in [5, 5.41) is 17.8. The summed E-state index contributed by atoms with van der Waals surface area (Å²) >= 11 is 0. The molecule has 1 atom stereocenters. The molecule has 0 saturated carbocycles. The van der Waals surface area contributed by atoms with Gasteiger partial charge in [0.25, 0.3) is 0 Å². The standard InChI is InChI=1S/C26H26N2O4/c1-3-4-8-25(32-21-13-14-24(18(2)15-21)31-17-26(29)30)23-7-5-6-22(28-23)20-11-9-19(16-27)10-12-20/h5-7,9-15,25H,3-4,8,17H2,1-2H3,(H,29,30)/t25-/m1/s1. The van der Waals surface area contributed by atoms with Gasteiger partial charge in [-0.1, -0.05) is 31.5 Å². The molecule has 0 aliphatic rings. The van der Waals surface area contributed by atoms with Crippen LogP contribution >= 0.6 is 0 Å². The quantitative estimate of drug-likeness (QED) is 0.443. The van der Waals surface area contributed by atoms with Gasteiger partial charge in [-0.05, 0) is 67.8 Å². The highest BCUT2D eigenvalue weighted by Crippen LogP contribution is 2.30. The number of aliphatic carboxylic acids is 1. The summed E-state index contributed by atoms with van der Waals surface area (Å²) in [5.74, 6) is 0.181. The fourth-order valence-corrected chi connectivity index (χ4v) is 3.32. The summed E-state index contributed by atoms with van der Waals surface area (Å²) in [6, 6.07) is 20.7. The number of ether oxygens (including phenoxy) is 2. The third-order valence-corrected chi connectivity index (χ3v) is 5.01. The van der Waals surface area contributed by atoms with Crippen LogP contribution in [0.25, 0.3) is 11.3 Å². The number of aromatic nitrogens is 1. The van der Waals surface area contributed by atoms with Gasteiger partial charge in [-0.15, -0.1) is 0 Å². The largest absolute Gasteiger partial charge is 0.484 e. The number of hydrogen-bond acceptors (Lipinski definition) is 5. The summed E-state index contributed by atoms with van der Waals surface area (Å²) in [7, 11) is 0. The molecule has 0 unspecified atom stereocenters. The molecule has 0 amide bonds. The molecule has 3 rings (SSSR count). The number of carboxylic acid groups (broad SMARTS) is 1. The third kappa shape index (κ3) is 6.08. The van der Waals surface area contributed by atoms with Crippen molar-refractivity contribution >= 4 is 5.97 Å². The van der Waals surface area contributed by atoms with Crippen LogP contribution in [0.3, 0.4) is 0 Å². The van der Waals surface area contributed by atoms with E-state index in [1.54, 1.807) is 24.3 Å². The molecule has 0 aliphatic carbocycles. The van der Waals surface area contributed by atoms with E-state index in [9.17, 15) is 4.79 Å². The van der Waals surface area contributed by atoms with Gasteiger partial charge in [-0.3, -0.25) is 0 Å². The van der Waals surface area contributed by atoms with Crippen molar-refractivity contribution in [3.63, 3.8) is 0 Å². The predicted molar refractivity (Wildman–Crippen MR) is 122 cm³/mol. The minimum atomic E-state index is -1.02. The zero-order chi connectivity index (χ0) is 22.9. The van der Waals surface area contributed by atoms with Crippen LogP contribution in [-0.4, -0.2) is 22.7 Å². The van der Waals surface area contributed by atoms with Crippen molar-refractivity contribution in [1.82, 2.24) is 4.98 Å². The third-order valence-electron chi connectivity index (χ3n) is 5.01. The van der Waals surface area contributed by atoms with E-state index < -0.39 is 5.97 Å². The van der Waals surface area contributed by atoms with Gasteiger partial charge >= 0.3 is 5.97 Å². The second-order valence-corrected chi connectivity index (χ2v) is 7.50. The number of nitrogens with zero attached hydrogens (tertiary/aromatic N) is 2. The van der Waals surface area contributed by atoms with Gasteiger partial charge in [0.1, 0.15) is 17.6 Å². The first-order chi connectivity index (χ1) is 15.5. The Bertz CT molecular complexity index is 1100. The fraction of sp³-hybridized carbons (Fsp3) is 0.269. The van der Waals surface area contributed by atoms with Gasteiger partial charge in [-0.2, -0.15) is 5.26 Å². The van der Waals surface area contributed by atoms with Crippen molar-refractivity contribution in [2.75, 3.05) is 6.61 Å². The first-order valence-corrected chi connectivity index (χ1v) is 10.6. The normalized spacial score (nSPS) is 11.4. The van der Waals surface area contributed by atoms with E-state index in [0.29, 0.717) is 17.1 Å². The van der Waals surface area contributed by atoms with Crippen molar-refractivity contribution < 1.29 is 19.4 Å². The van der Waals surface area contributed by atoms with Crippen molar-refractivity contribution in [3.05, 3.63) is 77.5 Å². The Morgan fingerprint density at radius 1 is 1.16 bits per heavy atom.